The number of carbonyl (C=O) groups is 12. The van der Waals surface area contributed by atoms with Gasteiger partial charge in [0.05, 0.1) is 24.9 Å². The second kappa shape index (κ2) is 32.2. The molecule has 0 bridgehead atoms. The van der Waals surface area contributed by atoms with E-state index in [-0.39, 0.29) is 55.8 Å². The van der Waals surface area contributed by atoms with Crippen LogP contribution in [0.5, 0.6) is 5.75 Å². The molecule has 10 atom stereocenters. The molecule has 1 aliphatic heterocycles. The minimum Gasteiger partial charge on any atom is -0.508 e. The molecule has 422 valence electrons. The van der Waals surface area contributed by atoms with Gasteiger partial charge in [0.1, 0.15) is 47.9 Å². The summed E-state index contributed by atoms with van der Waals surface area (Å²) >= 11 is 0. The smallest absolute Gasteiger partial charge is 0.243 e. The normalized spacial score (nSPS) is 21.9. The molecule has 76 heavy (non-hydrogen) atoms. The van der Waals surface area contributed by atoms with Gasteiger partial charge in [-0.2, -0.15) is 0 Å². The van der Waals surface area contributed by atoms with Crippen LogP contribution in [-0.2, 0) is 64.0 Å². The van der Waals surface area contributed by atoms with Gasteiger partial charge in [0.2, 0.25) is 59.1 Å². The van der Waals surface area contributed by atoms with Crippen LogP contribution in [0.25, 0.3) is 0 Å². The number of hydrogen-bond donors (Lipinski definition) is 11. The Labute approximate surface area is 442 Å². The Kier molecular flexibility index (Phi) is 27.5. The number of carbonyl (C=O) groups excluding carboxylic acids is 12. The molecule has 0 radical (unpaired) electrons. The second-order valence-corrected chi connectivity index (χ2v) is 19.8. The number of alkyl halides is 1. The molecule has 1 aliphatic rings. The average Bonchev–Trinajstić information content (AvgIpc) is 3.35. The molecule has 0 aromatic heterocycles. The molecule has 1 aromatic rings. The minimum atomic E-state index is -1.81. The van der Waals surface area contributed by atoms with E-state index in [2.05, 4.69) is 43.8 Å². The van der Waals surface area contributed by atoms with Gasteiger partial charge in [-0.25, -0.2) is 4.39 Å². The second-order valence-electron chi connectivity index (χ2n) is 19.8. The van der Waals surface area contributed by atoms with Crippen molar-refractivity contribution in [1.29, 1.82) is 0 Å². The van der Waals surface area contributed by atoms with Crippen LogP contribution in [0, 0.1) is 23.7 Å². The van der Waals surface area contributed by atoms with Gasteiger partial charge in [-0.3, -0.25) is 57.5 Å². The van der Waals surface area contributed by atoms with Crippen molar-refractivity contribution in [1.82, 2.24) is 37.2 Å². The third-order valence-electron chi connectivity index (χ3n) is 13.1. The van der Waals surface area contributed by atoms with Gasteiger partial charge in [-0.05, 0) is 74.5 Å². The Morgan fingerprint density at radius 1 is 0.737 bits per heavy atom. The maximum absolute atomic E-state index is 15.1. The fourth-order valence-corrected chi connectivity index (χ4v) is 8.36. The number of Topliss-reactive ketones (excluding diaryl/α,β-unsaturated/α-hetero) is 2. The molecule has 0 aliphatic carbocycles. The number of phenols is 1. The molecular formula is C52H79FN10O13. The topological polar surface area (TPSA) is 387 Å². The number of ketones is 2. The summed E-state index contributed by atoms with van der Waals surface area (Å²) in [5.41, 5.74) is 16.7. The Bertz CT molecular complexity index is 2260. The molecule has 24 heteroatoms. The summed E-state index contributed by atoms with van der Waals surface area (Å²) in [5, 5.41) is 27.6. The number of hydrogen-bond acceptors (Lipinski definition) is 13. The van der Waals surface area contributed by atoms with E-state index in [1.165, 1.54) is 24.3 Å². The number of nitrogens with one attached hydrogen (secondary N) is 7. The third-order valence-corrected chi connectivity index (χ3v) is 13.1. The summed E-state index contributed by atoms with van der Waals surface area (Å²) in [5.74, 6) is -13.3. The molecule has 10 amide bonds. The number of benzene rings is 1. The summed E-state index contributed by atoms with van der Waals surface area (Å²) in [4.78, 5) is 161. The van der Waals surface area contributed by atoms with Crippen LogP contribution >= 0.6 is 0 Å². The van der Waals surface area contributed by atoms with Crippen LogP contribution in [0.2, 0.25) is 0 Å². The van der Waals surface area contributed by atoms with Crippen molar-refractivity contribution < 1.29 is 67.0 Å². The predicted molar refractivity (Wildman–Crippen MR) is 276 cm³/mol. The summed E-state index contributed by atoms with van der Waals surface area (Å²) < 4.78 is 15.1. The predicted octanol–water partition coefficient (Wildman–Crippen LogP) is 0.117. The number of rotatable bonds is 25. The lowest BCUT2D eigenvalue weighted by atomic mass is 9.87. The Hall–Kier alpha value is -7.27. The maximum atomic E-state index is 15.1. The van der Waals surface area contributed by atoms with Crippen molar-refractivity contribution >= 4 is 70.6 Å². The van der Waals surface area contributed by atoms with E-state index >= 15 is 4.39 Å². The highest BCUT2D eigenvalue weighted by Gasteiger charge is 2.37. The number of primary amides is 3. The van der Waals surface area contributed by atoms with E-state index in [9.17, 15) is 62.6 Å². The highest BCUT2D eigenvalue weighted by atomic mass is 19.1. The third kappa shape index (κ3) is 22.7. The first-order chi connectivity index (χ1) is 35.7. The molecule has 1 heterocycles. The molecule has 0 spiro atoms. The quantitative estimate of drug-likeness (QED) is 0.0581. The Balaban J connectivity index is 2.68. The fourth-order valence-electron chi connectivity index (χ4n) is 8.36. The lowest BCUT2D eigenvalue weighted by molar-refractivity contribution is -0.137. The van der Waals surface area contributed by atoms with Crippen molar-refractivity contribution in [2.45, 2.75) is 174 Å². The fraction of sp³-hybridized carbons (Fsp3) is 0.615. The molecule has 1 saturated heterocycles. The zero-order valence-electron chi connectivity index (χ0n) is 44.4. The van der Waals surface area contributed by atoms with Crippen LogP contribution in [-0.4, -0.2) is 125 Å². The molecule has 1 aromatic carbocycles. The van der Waals surface area contributed by atoms with Crippen LogP contribution in [0.1, 0.15) is 131 Å². The van der Waals surface area contributed by atoms with Gasteiger partial charge in [0.15, 0.2) is 5.78 Å². The Morgan fingerprint density at radius 2 is 1.36 bits per heavy atom. The number of nitrogens with two attached hydrogens (primary N) is 3. The molecule has 2 rings (SSSR count). The van der Waals surface area contributed by atoms with Crippen LogP contribution < -0.4 is 54.4 Å². The van der Waals surface area contributed by atoms with Gasteiger partial charge in [-0.15, -0.1) is 0 Å². The van der Waals surface area contributed by atoms with Crippen molar-refractivity contribution in [2.75, 3.05) is 6.54 Å². The molecular weight excluding hydrogens is 992 g/mol. The Morgan fingerprint density at radius 3 is 1.92 bits per heavy atom. The lowest BCUT2D eigenvalue weighted by Crippen LogP contribution is -2.60. The van der Waals surface area contributed by atoms with Crippen molar-refractivity contribution in [3.05, 3.63) is 42.0 Å². The molecule has 23 nitrogen and oxygen atoms in total. The van der Waals surface area contributed by atoms with E-state index < -0.39 is 182 Å². The van der Waals surface area contributed by atoms with Crippen molar-refractivity contribution in [3.8, 4) is 5.75 Å². The van der Waals surface area contributed by atoms with Gasteiger partial charge >= 0.3 is 0 Å². The van der Waals surface area contributed by atoms with E-state index in [4.69, 9.17) is 17.2 Å². The van der Waals surface area contributed by atoms with E-state index in [0.29, 0.717) is 12.0 Å². The van der Waals surface area contributed by atoms with Gasteiger partial charge in [0, 0.05) is 38.0 Å². The van der Waals surface area contributed by atoms with Gasteiger partial charge in [0.25, 0.3) is 0 Å². The highest BCUT2D eigenvalue weighted by Crippen LogP contribution is 2.25. The zero-order valence-corrected chi connectivity index (χ0v) is 44.4. The molecule has 0 saturated carbocycles. The minimum absolute atomic E-state index is 0.00261. The SMILES string of the molecule is C=C(CCC(=O)C1CCC(=O)C(CC)CC(=O)NC(Cc2ccc(O)cc2)C(=O)NC(C(C)CC)C(=O)NC(CCC(N)=O)C(=O)NC(CC(N)=O)C(=O)N1)C(CC(F)CC)C(=O)NC(CC(C)C)C(=O)NCC(N)=O. The summed E-state index contributed by atoms with van der Waals surface area (Å²) in [6.45, 7) is 13.6. The molecule has 14 N–H and O–H groups in total. The number of halogens is 1. The van der Waals surface area contributed by atoms with Gasteiger partial charge in [-0.1, -0.05) is 72.2 Å². The average molecular weight is 1070 g/mol. The van der Waals surface area contributed by atoms with E-state index in [1.54, 1.807) is 41.5 Å². The maximum Gasteiger partial charge on any atom is 0.243 e. The first-order valence-corrected chi connectivity index (χ1v) is 25.8. The van der Waals surface area contributed by atoms with Crippen molar-refractivity contribution in [3.63, 3.8) is 0 Å². The lowest BCUT2D eigenvalue weighted by Gasteiger charge is -2.29. The monoisotopic (exact) mass is 1070 g/mol. The largest absolute Gasteiger partial charge is 0.508 e. The standard InChI is InChI=1S/C52H79FN10O13/c1-8-28(6)46-52(76)60-36(17-20-42(54)67)49(73)62-39(25-43(55)68)50(74)59-35(16-19-40(65)31(9-2)23-45(70)58-38(51(75)63-46)22-30-12-14-33(64)15-13-30)41(66)18-11-29(7)34(24-32(53)10-3)47(71)61-37(21-27(4)5)48(72)57-26-44(56)69/h12-15,27-28,31-32,34-39,46,64H,7-11,16-26H2,1-6H3,(H2,54,67)(H2,55,68)(H2,56,69)(H,57,72)(H,58,70)(H,59,74)(H,60,76)(H,61,71)(H,62,73)(H,63,75). The summed E-state index contributed by atoms with van der Waals surface area (Å²) in [7, 11) is 0. The van der Waals surface area contributed by atoms with E-state index in [0.717, 1.165) is 0 Å². The van der Waals surface area contributed by atoms with Crippen molar-refractivity contribution in [2.24, 2.45) is 40.9 Å². The summed E-state index contributed by atoms with van der Waals surface area (Å²) in [6, 6.07) is -3.06. The molecule has 1 fully saturated rings. The first kappa shape index (κ1) is 64.8. The van der Waals surface area contributed by atoms with Crippen LogP contribution in [0.15, 0.2) is 36.4 Å². The summed E-state index contributed by atoms with van der Waals surface area (Å²) in [6.07, 6.45) is -5.17. The number of amides is 10. The number of phenolic OH excluding ortho intramolecular Hbond substituents is 1. The van der Waals surface area contributed by atoms with E-state index in [1.807, 2.05) is 0 Å². The van der Waals surface area contributed by atoms with Crippen LogP contribution in [0.4, 0.5) is 4.39 Å². The van der Waals surface area contributed by atoms with Gasteiger partial charge < -0.3 is 59.5 Å². The first-order valence-electron chi connectivity index (χ1n) is 25.8. The highest BCUT2D eigenvalue weighted by molar-refractivity contribution is 5.99. The zero-order chi connectivity index (χ0) is 57.4. The number of aromatic hydroxyl groups is 1. The van der Waals surface area contributed by atoms with Crippen LogP contribution in [0.3, 0.4) is 0 Å². The molecule has 10 unspecified atom stereocenters.